The third-order valence-electron chi connectivity index (χ3n) is 4.69. The molecule has 0 saturated heterocycles. The molecule has 0 spiro atoms. The topological polar surface area (TPSA) is 65.1 Å². The maximum atomic E-state index is 4.44. The average Bonchev–Trinajstić information content (AvgIpc) is 3.28. The lowest BCUT2D eigenvalue weighted by Crippen LogP contribution is -2.14. The van der Waals surface area contributed by atoms with Crippen LogP contribution in [0.5, 0.6) is 0 Å². The molecule has 0 fully saturated rings. The number of hydrogen-bond donors (Lipinski definition) is 3. The molecular weight excluding hydrogens is 382 g/mol. The molecule has 3 rings (SSSR count). The maximum absolute atomic E-state index is 4.44. The quantitative estimate of drug-likeness (QED) is 0.274. The van der Waals surface area contributed by atoms with E-state index in [1.807, 2.05) is 55.7 Å². The van der Waals surface area contributed by atoms with E-state index in [9.17, 15) is 0 Å². The van der Waals surface area contributed by atoms with Crippen molar-refractivity contribution in [2.75, 3.05) is 13.1 Å². The molecule has 1 aromatic heterocycles. The fourth-order valence-electron chi connectivity index (χ4n) is 3.00. The Hall–Kier alpha value is -3.62. The summed E-state index contributed by atoms with van der Waals surface area (Å²) in [7, 11) is 0. The second kappa shape index (κ2) is 11.5. The van der Waals surface area contributed by atoms with E-state index in [4.69, 9.17) is 0 Å². The molecule has 2 aromatic carbocycles. The lowest BCUT2D eigenvalue weighted by molar-refractivity contribution is 0.655. The average molecular weight is 412 g/mol. The molecule has 0 aliphatic heterocycles. The Bertz CT molecular complexity index is 1060. The van der Waals surface area contributed by atoms with Crippen molar-refractivity contribution in [1.29, 1.82) is 0 Å². The molecule has 1 heterocycles. The van der Waals surface area contributed by atoms with Gasteiger partial charge in [0.05, 0.1) is 24.1 Å². The molecule has 0 radical (unpaired) electrons. The number of aromatic amines is 1. The minimum absolute atomic E-state index is 0.755. The molecule has 158 valence electrons. The third-order valence-corrected chi connectivity index (χ3v) is 4.69. The third kappa shape index (κ3) is 6.43. The molecule has 0 bridgehead atoms. The van der Waals surface area contributed by atoms with Crippen LogP contribution in [-0.4, -0.2) is 29.8 Å². The second-order valence-corrected chi connectivity index (χ2v) is 7.07. The zero-order valence-electron chi connectivity index (χ0n) is 18.2. The largest absolute Gasteiger partial charge is 0.389 e. The van der Waals surface area contributed by atoms with Crippen LogP contribution in [0.2, 0.25) is 0 Å². The first-order valence-corrected chi connectivity index (χ1v) is 10.6. The van der Waals surface area contributed by atoms with Crippen LogP contribution in [0, 0.1) is 11.8 Å². The molecule has 31 heavy (non-hydrogen) atoms. The van der Waals surface area contributed by atoms with Crippen molar-refractivity contribution < 1.29 is 0 Å². The standard InChI is InChI=1S/C26H29N5/c1-4-16-29-19-26-30-18-25(31-26)23-14-10-21(11-15-23)7-6-20-8-12-22(13-9-20)24(27-3)17-28-5-2/h8-15,17-18,28-29H,3-5,16,19H2,1-2H3,(H,30,31)/b24-17-. The van der Waals surface area contributed by atoms with Crippen LogP contribution in [0.1, 0.15) is 42.8 Å². The molecule has 5 heteroatoms. The summed E-state index contributed by atoms with van der Waals surface area (Å²) in [6.07, 6.45) is 4.86. The van der Waals surface area contributed by atoms with E-state index in [1.54, 1.807) is 0 Å². The summed E-state index contributed by atoms with van der Waals surface area (Å²) in [5, 5.41) is 6.51. The summed E-state index contributed by atoms with van der Waals surface area (Å²) in [5.41, 5.74) is 5.87. The predicted molar refractivity (Wildman–Crippen MR) is 130 cm³/mol. The summed E-state index contributed by atoms with van der Waals surface area (Å²) in [6, 6.07) is 16.2. The van der Waals surface area contributed by atoms with Gasteiger partial charge in [-0.05, 0) is 56.4 Å². The Labute approximate surface area is 184 Å². The Kier molecular flexibility index (Phi) is 8.21. The highest BCUT2D eigenvalue weighted by molar-refractivity contribution is 5.68. The summed E-state index contributed by atoms with van der Waals surface area (Å²) in [4.78, 5) is 11.9. The van der Waals surface area contributed by atoms with E-state index in [0.29, 0.717) is 0 Å². The summed E-state index contributed by atoms with van der Waals surface area (Å²) >= 11 is 0. The SMILES string of the molecule is C=N/C(=C\NCC)c1ccc(C#Cc2ccc(-c3cnc(CNCCC)[nH]3)cc2)cc1. The number of nitrogens with zero attached hydrogens (tertiary/aromatic N) is 2. The van der Waals surface area contributed by atoms with Gasteiger partial charge in [-0.25, -0.2) is 4.98 Å². The van der Waals surface area contributed by atoms with Crippen LogP contribution in [0.25, 0.3) is 17.0 Å². The zero-order chi connectivity index (χ0) is 21.9. The molecule has 0 aliphatic carbocycles. The van der Waals surface area contributed by atoms with Crippen LogP contribution in [0.3, 0.4) is 0 Å². The van der Waals surface area contributed by atoms with Crippen LogP contribution >= 0.6 is 0 Å². The minimum Gasteiger partial charge on any atom is -0.389 e. The molecule has 5 nitrogen and oxygen atoms in total. The monoisotopic (exact) mass is 411 g/mol. The van der Waals surface area contributed by atoms with Crippen molar-refractivity contribution in [3.05, 3.63) is 83.4 Å². The van der Waals surface area contributed by atoms with E-state index in [0.717, 1.165) is 65.5 Å². The van der Waals surface area contributed by atoms with E-state index >= 15 is 0 Å². The molecule has 0 aliphatic rings. The summed E-state index contributed by atoms with van der Waals surface area (Å²) in [5.74, 6) is 7.40. The van der Waals surface area contributed by atoms with Crippen molar-refractivity contribution in [3.63, 3.8) is 0 Å². The van der Waals surface area contributed by atoms with Gasteiger partial charge in [-0.3, -0.25) is 4.99 Å². The van der Waals surface area contributed by atoms with E-state index in [2.05, 4.69) is 63.2 Å². The van der Waals surface area contributed by atoms with Gasteiger partial charge in [-0.2, -0.15) is 0 Å². The van der Waals surface area contributed by atoms with Gasteiger partial charge in [0.15, 0.2) is 0 Å². The van der Waals surface area contributed by atoms with Crippen LogP contribution in [0.4, 0.5) is 0 Å². The van der Waals surface area contributed by atoms with Crippen molar-refractivity contribution in [3.8, 4) is 23.1 Å². The van der Waals surface area contributed by atoms with Crippen molar-refractivity contribution in [2.45, 2.75) is 26.8 Å². The van der Waals surface area contributed by atoms with Gasteiger partial charge in [-0.15, -0.1) is 0 Å². The number of imidazole rings is 1. The number of H-pyrrole nitrogens is 1. The van der Waals surface area contributed by atoms with Gasteiger partial charge >= 0.3 is 0 Å². The summed E-state index contributed by atoms with van der Waals surface area (Å²) < 4.78 is 0. The highest BCUT2D eigenvalue weighted by Gasteiger charge is 2.03. The van der Waals surface area contributed by atoms with Gasteiger partial charge in [-0.1, -0.05) is 43.0 Å². The zero-order valence-corrected chi connectivity index (χ0v) is 18.2. The Morgan fingerprint density at radius 2 is 1.74 bits per heavy atom. The fourth-order valence-corrected chi connectivity index (χ4v) is 3.00. The second-order valence-electron chi connectivity index (χ2n) is 7.07. The number of aromatic nitrogens is 2. The first-order chi connectivity index (χ1) is 15.2. The normalized spacial score (nSPS) is 11.0. The fraction of sp³-hybridized carbons (Fsp3) is 0.231. The van der Waals surface area contributed by atoms with Crippen molar-refractivity contribution >= 4 is 12.4 Å². The van der Waals surface area contributed by atoms with Crippen LogP contribution in [0.15, 0.2) is 65.9 Å². The smallest absolute Gasteiger partial charge is 0.120 e. The number of hydrogen-bond acceptors (Lipinski definition) is 4. The highest BCUT2D eigenvalue weighted by atomic mass is 15.0. The Morgan fingerprint density at radius 3 is 2.35 bits per heavy atom. The maximum Gasteiger partial charge on any atom is 0.120 e. The predicted octanol–water partition coefficient (Wildman–Crippen LogP) is 4.58. The summed E-state index contributed by atoms with van der Waals surface area (Å²) in [6.45, 7) is 10.4. The van der Waals surface area contributed by atoms with E-state index in [-0.39, 0.29) is 0 Å². The van der Waals surface area contributed by atoms with Gasteiger partial charge in [0.2, 0.25) is 0 Å². The molecule has 3 aromatic rings. The van der Waals surface area contributed by atoms with Crippen LogP contribution in [-0.2, 0) is 6.54 Å². The van der Waals surface area contributed by atoms with Crippen LogP contribution < -0.4 is 10.6 Å². The number of aliphatic imine (C=N–C) groups is 1. The number of benzene rings is 2. The van der Waals surface area contributed by atoms with Gasteiger partial charge in [0.1, 0.15) is 5.82 Å². The van der Waals surface area contributed by atoms with Gasteiger partial charge in [0.25, 0.3) is 0 Å². The number of rotatable bonds is 9. The van der Waals surface area contributed by atoms with Crippen molar-refractivity contribution in [1.82, 2.24) is 20.6 Å². The first kappa shape index (κ1) is 22.1. The lowest BCUT2D eigenvalue weighted by Gasteiger charge is -2.03. The highest BCUT2D eigenvalue weighted by Crippen LogP contribution is 2.18. The minimum atomic E-state index is 0.755. The lowest BCUT2D eigenvalue weighted by atomic mass is 10.1. The molecule has 0 unspecified atom stereocenters. The molecule has 3 N–H and O–H groups in total. The van der Waals surface area contributed by atoms with Crippen molar-refractivity contribution in [2.24, 2.45) is 4.99 Å². The van der Waals surface area contributed by atoms with Gasteiger partial charge < -0.3 is 15.6 Å². The van der Waals surface area contributed by atoms with Gasteiger partial charge in [0, 0.05) is 29.4 Å². The number of nitrogens with one attached hydrogen (secondary N) is 3. The molecule has 0 saturated carbocycles. The van der Waals surface area contributed by atoms with E-state index in [1.165, 1.54) is 0 Å². The Morgan fingerprint density at radius 1 is 1.06 bits per heavy atom. The Balaban J connectivity index is 1.65. The molecule has 0 amide bonds. The molecule has 0 atom stereocenters. The first-order valence-electron chi connectivity index (χ1n) is 10.6. The molecular formula is C26H29N5. The van der Waals surface area contributed by atoms with E-state index < -0.39 is 0 Å².